The predicted octanol–water partition coefficient (Wildman–Crippen LogP) is 3.89. The van der Waals surface area contributed by atoms with Gasteiger partial charge in [-0.3, -0.25) is 9.69 Å². The van der Waals surface area contributed by atoms with E-state index >= 15 is 0 Å². The Morgan fingerprint density at radius 3 is 2.58 bits per heavy atom. The number of methoxy groups -OCH3 is 1. The lowest BCUT2D eigenvalue weighted by Gasteiger charge is -2.35. The van der Waals surface area contributed by atoms with Crippen LogP contribution in [0.3, 0.4) is 0 Å². The molecular formula is C24H20F3N3O5S. The van der Waals surface area contributed by atoms with E-state index < -0.39 is 39.4 Å². The third-order valence-corrected chi connectivity index (χ3v) is 7.73. The highest BCUT2D eigenvalue weighted by Gasteiger charge is 2.43. The summed E-state index contributed by atoms with van der Waals surface area (Å²) in [7, 11) is -2.65. The average Bonchev–Trinajstić information content (AvgIpc) is 3.22. The third-order valence-electron chi connectivity index (χ3n) is 6.01. The molecule has 1 aliphatic heterocycles. The first-order chi connectivity index (χ1) is 17.0. The number of alkyl halides is 3. The van der Waals surface area contributed by atoms with Crippen molar-refractivity contribution in [2.45, 2.75) is 30.0 Å². The molecule has 2 amide bonds. The zero-order chi connectivity index (χ0) is 26.3. The van der Waals surface area contributed by atoms with E-state index in [0.717, 1.165) is 23.1 Å². The number of Topliss-reactive ketones (excluding diaryl/α,β-unsaturated/α-hetero) is 1. The molecule has 0 saturated heterocycles. The number of nitrogens with zero attached hydrogens (tertiary/aromatic N) is 2. The molecule has 2 aliphatic rings. The van der Waals surface area contributed by atoms with Crippen LogP contribution >= 0.6 is 0 Å². The molecule has 12 heteroatoms. The van der Waals surface area contributed by atoms with Gasteiger partial charge in [0.2, 0.25) is 0 Å². The lowest BCUT2D eigenvalue weighted by atomic mass is 9.94. The Morgan fingerprint density at radius 2 is 1.92 bits per heavy atom. The summed E-state index contributed by atoms with van der Waals surface area (Å²) in [6.45, 7) is -0.119. The van der Waals surface area contributed by atoms with Crippen LogP contribution in [-0.4, -0.2) is 39.7 Å². The monoisotopic (exact) mass is 519 g/mol. The van der Waals surface area contributed by atoms with Gasteiger partial charge in [-0.15, -0.1) is 0 Å². The van der Waals surface area contributed by atoms with Gasteiger partial charge in [-0.25, -0.2) is 13.2 Å². The maximum atomic E-state index is 13.3. The summed E-state index contributed by atoms with van der Waals surface area (Å²) >= 11 is 0. The highest BCUT2D eigenvalue weighted by Crippen LogP contribution is 2.43. The molecule has 188 valence electrons. The fourth-order valence-corrected chi connectivity index (χ4v) is 5.80. The van der Waals surface area contributed by atoms with Crippen molar-refractivity contribution in [3.05, 3.63) is 70.4 Å². The zero-order valence-electron chi connectivity index (χ0n) is 18.9. The zero-order valence-corrected chi connectivity index (χ0v) is 19.7. The van der Waals surface area contributed by atoms with Crippen molar-refractivity contribution in [2.24, 2.45) is 0 Å². The molecule has 1 N–H and O–H groups in total. The van der Waals surface area contributed by atoms with Gasteiger partial charge < -0.3 is 10.1 Å². The van der Waals surface area contributed by atoms with E-state index in [1.54, 1.807) is 0 Å². The van der Waals surface area contributed by atoms with Crippen LogP contribution in [0.4, 0.5) is 23.7 Å². The Balaban J connectivity index is 1.87. The maximum Gasteiger partial charge on any atom is 0.416 e. The van der Waals surface area contributed by atoms with Crippen LogP contribution < -0.4 is 10.2 Å². The van der Waals surface area contributed by atoms with Crippen LogP contribution in [0.2, 0.25) is 0 Å². The largest absolute Gasteiger partial charge is 0.416 e. The molecule has 0 radical (unpaired) electrons. The van der Waals surface area contributed by atoms with Gasteiger partial charge in [0.25, 0.3) is 0 Å². The second kappa shape index (κ2) is 9.40. The molecule has 4 rings (SSSR count). The number of nitrogens with one attached hydrogen (secondary N) is 1. The summed E-state index contributed by atoms with van der Waals surface area (Å²) in [6, 6.07) is 7.98. The van der Waals surface area contributed by atoms with Crippen LogP contribution in [0, 0.1) is 11.3 Å². The Labute approximate surface area is 204 Å². The van der Waals surface area contributed by atoms with Gasteiger partial charge in [0.1, 0.15) is 0 Å². The number of benzene rings is 2. The van der Waals surface area contributed by atoms with Gasteiger partial charge in [-0.1, -0.05) is 12.1 Å². The number of anilines is 1. The Hall–Kier alpha value is -3.69. The highest BCUT2D eigenvalue weighted by atomic mass is 32.2. The first-order valence-corrected chi connectivity index (χ1v) is 12.4. The number of hydrogen-bond donors (Lipinski definition) is 1. The molecule has 0 aromatic heterocycles. The molecule has 1 atom stereocenters. The number of carbonyl (C=O) groups is 2. The van der Waals surface area contributed by atoms with Gasteiger partial charge in [-0.2, -0.15) is 18.4 Å². The Morgan fingerprint density at radius 1 is 1.17 bits per heavy atom. The van der Waals surface area contributed by atoms with E-state index in [9.17, 15) is 36.4 Å². The van der Waals surface area contributed by atoms with Crippen LogP contribution in [0.5, 0.6) is 0 Å². The first-order valence-electron chi connectivity index (χ1n) is 10.8. The van der Waals surface area contributed by atoms with E-state index in [2.05, 4.69) is 5.32 Å². The number of ketones is 1. The molecule has 1 heterocycles. The lowest BCUT2D eigenvalue weighted by molar-refractivity contribution is -0.137. The van der Waals surface area contributed by atoms with Gasteiger partial charge in [-0.05, 0) is 42.3 Å². The number of carbonyl (C=O) groups excluding carboxylic acids is 2. The van der Waals surface area contributed by atoms with E-state index in [1.165, 1.54) is 31.4 Å². The summed E-state index contributed by atoms with van der Waals surface area (Å²) in [6.07, 6.45) is -4.54. The maximum absolute atomic E-state index is 13.3. The van der Waals surface area contributed by atoms with E-state index in [1.807, 2.05) is 6.07 Å². The summed E-state index contributed by atoms with van der Waals surface area (Å²) in [4.78, 5) is 26.9. The number of urea groups is 1. The van der Waals surface area contributed by atoms with Crippen molar-refractivity contribution < 1.29 is 35.9 Å². The van der Waals surface area contributed by atoms with Gasteiger partial charge >= 0.3 is 12.2 Å². The van der Waals surface area contributed by atoms with Crippen molar-refractivity contribution in [1.82, 2.24) is 5.32 Å². The number of ether oxygens (including phenoxy) is 1. The van der Waals surface area contributed by atoms with Gasteiger partial charge in [0.05, 0.1) is 46.2 Å². The van der Waals surface area contributed by atoms with Crippen molar-refractivity contribution in [2.75, 3.05) is 24.4 Å². The normalized spacial score (nSPS) is 18.2. The Bertz CT molecular complexity index is 1430. The van der Waals surface area contributed by atoms with E-state index in [0.29, 0.717) is 0 Å². The standard InChI is InChI=1S/C24H20F3N3O5S/c1-35-9-10-36(33,34)20-11-14(13-28)5-6-17(20)22-21-18(7-8-19(21)31)30(23(32)29-22)16-4-2-3-15(12-16)24(25,26)27/h2-6,11-12,22H,7-10H2,1H3,(H,29,32). The number of nitriles is 1. The summed E-state index contributed by atoms with van der Waals surface area (Å²) < 4.78 is 70.9. The van der Waals surface area contributed by atoms with Crippen molar-refractivity contribution in [1.29, 1.82) is 5.26 Å². The van der Waals surface area contributed by atoms with Crippen LogP contribution in [-0.2, 0) is 25.5 Å². The molecule has 2 aromatic rings. The van der Waals surface area contributed by atoms with Gasteiger partial charge in [0, 0.05) is 24.8 Å². The molecule has 1 aliphatic carbocycles. The van der Waals surface area contributed by atoms with Gasteiger partial charge in [0.15, 0.2) is 15.6 Å². The second-order valence-corrected chi connectivity index (χ2v) is 10.3. The van der Waals surface area contributed by atoms with Crippen molar-refractivity contribution in [3.63, 3.8) is 0 Å². The molecule has 36 heavy (non-hydrogen) atoms. The smallest absolute Gasteiger partial charge is 0.384 e. The lowest BCUT2D eigenvalue weighted by Crippen LogP contribution is -2.47. The Kier molecular flexibility index (Phi) is 6.64. The molecule has 0 fully saturated rings. The second-order valence-electron chi connectivity index (χ2n) is 8.23. The van der Waals surface area contributed by atoms with Crippen LogP contribution in [0.1, 0.15) is 35.6 Å². The minimum atomic E-state index is -4.64. The summed E-state index contributed by atoms with van der Waals surface area (Å²) in [5.74, 6) is -0.765. The average molecular weight is 520 g/mol. The minimum absolute atomic E-state index is 0.00756. The molecule has 8 nitrogen and oxygen atoms in total. The molecule has 0 saturated carbocycles. The number of halogens is 3. The van der Waals surface area contributed by atoms with E-state index in [-0.39, 0.29) is 58.2 Å². The summed E-state index contributed by atoms with van der Waals surface area (Å²) in [5.41, 5.74) is -0.576. The fraction of sp³-hybridized carbons (Fsp3) is 0.292. The highest BCUT2D eigenvalue weighted by molar-refractivity contribution is 7.91. The van der Waals surface area contributed by atoms with Crippen molar-refractivity contribution >= 4 is 27.3 Å². The van der Waals surface area contributed by atoms with Crippen LogP contribution in [0.15, 0.2) is 58.6 Å². The topological polar surface area (TPSA) is 117 Å². The number of amides is 2. The summed E-state index contributed by atoms with van der Waals surface area (Å²) in [5, 5.41) is 11.9. The van der Waals surface area contributed by atoms with Crippen LogP contribution in [0.25, 0.3) is 0 Å². The quantitative estimate of drug-likeness (QED) is 0.619. The minimum Gasteiger partial charge on any atom is -0.384 e. The molecular weight excluding hydrogens is 499 g/mol. The predicted molar refractivity (Wildman–Crippen MR) is 122 cm³/mol. The number of sulfone groups is 1. The molecule has 0 bridgehead atoms. The fourth-order valence-electron chi connectivity index (χ4n) is 4.35. The number of rotatable bonds is 6. The number of hydrogen-bond acceptors (Lipinski definition) is 6. The molecule has 2 aromatic carbocycles. The molecule has 1 unspecified atom stereocenters. The first kappa shape index (κ1) is 25.4. The SMILES string of the molecule is COCCS(=O)(=O)c1cc(C#N)ccc1C1NC(=O)N(c2cccc(C(F)(F)F)c2)C2=C1C(=O)CC2. The van der Waals surface area contributed by atoms with Crippen molar-refractivity contribution in [3.8, 4) is 6.07 Å². The van der Waals surface area contributed by atoms with E-state index in [4.69, 9.17) is 4.74 Å². The number of allylic oxidation sites excluding steroid dienone is 1. The third kappa shape index (κ3) is 4.59. The molecule has 0 spiro atoms.